The Balaban J connectivity index is 1.67. The van der Waals surface area contributed by atoms with E-state index in [0.717, 1.165) is 28.1 Å². The molecular formula is C30H27N. The van der Waals surface area contributed by atoms with Crippen molar-refractivity contribution in [2.75, 3.05) is 5.32 Å². The standard InChI is InChI=1S/C30H27N/c1-4-25(23-24(3)26-14-8-6-9-15-26)13-12-18-29(5-2)31-30-21-19-28(20-22-30)27-16-10-7-11-17-27/h4-23,31H,1-3H2/b13-12+,25-23+,29-18+. The molecule has 0 fully saturated rings. The third-order valence-corrected chi connectivity index (χ3v) is 4.79. The Hall–Kier alpha value is -4.10. The van der Waals surface area contributed by atoms with Gasteiger partial charge >= 0.3 is 0 Å². The predicted molar refractivity (Wildman–Crippen MR) is 137 cm³/mol. The third kappa shape index (κ3) is 6.45. The minimum atomic E-state index is 0.911. The van der Waals surface area contributed by atoms with Gasteiger partial charge in [-0.25, -0.2) is 0 Å². The highest BCUT2D eigenvalue weighted by molar-refractivity contribution is 5.74. The van der Waals surface area contributed by atoms with Crippen LogP contribution in [-0.2, 0) is 0 Å². The van der Waals surface area contributed by atoms with E-state index in [2.05, 4.69) is 61.5 Å². The first kappa shape index (κ1) is 21.6. The van der Waals surface area contributed by atoms with Crippen LogP contribution in [0.25, 0.3) is 16.7 Å². The van der Waals surface area contributed by atoms with E-state index in [9.17, 15) is 0 Å². The summed E-state index contributed by atoms with van der Waals surface area (Å²) in [5, 5.41) is 3.39. The van der Waals surface area contributed by atoms with Crippen LogP contribution in [0.4, 0.5) is 5.69 Å². The lowest BCUT2D eigenvalue weighted by Crippen LogP contribution is -1.95. The average molecular weight is 402 g/mol. The third-order valence-electron chi connectivity index (χ3n) is 4.79. The normalized spacial score (nSPS) is 11.9. The molecule has 0 heterocycles. The maximum atomic E-state index is 4.15. The number of benzene rings is 3. The van der Waals surface area contributed by atoms with Gasteiger partial charge < -0.3 is 5.32 Å². The van der Waals surface area contributed by atoms with E-state index in [1.807, 2.05) is 78.9 Å². The lowest BCUT2D eigenvalue weighted by molar-refractivity contribution is 1.47. The van der Waals surface area contributed by atoms with Gasteiger partial charge in [-0.3, -0.25) is 0 Å². The summed E-state index contributed by atoms with van der Waals surface area (Å²) in [5.74, 6) is 0. The van der Waals surface area contributed by atoms with Crippen molar-refractivity contribution in [3.63, 3.8) is 0 Å². The summed E-state index contributed by atoms with van der Waals surface area (Å²) in [5.41, 5.74) is 7.35. The van der Waals surface area contributed by atoms with Gasteiger partial charge in [-0.2, -0.15) is 0 Å². The number of hydrogen-bond acceptors (Lipinski definition) is 1. The SMILES string of the molecule is C=CC(/C=C/C=C(\C=C)Nc1ccc(-c2ccccc2)cc1)=C\C(=C)c1ccccc1. The molecule has 0 atom stereocenters. The van der Waals surface area contributed by atoms with Crippen molar-refractivity contribution in [3.8, 4) is 11.1 Å². The summed E-state index contributed by atoms with van der Waals surface area (Å²) in [4.78, 5) is 0. The molecule has 0 radical (unpaired) electrons. The van der Waals surface area contributed by atoms with Crippen LogP contribution in [0, 0.1) is 0 Å². The van der Waals surface area contributed by atoms with Gasteiger partial charge in [0.05, 0.1) is 0 Å². The molecule has 0 unspecified atom stereocenters. The molecule has 0 aromatic heterocycles. The maximum absolute atomic E-state index is 4.15. The zero-order valence-corrected chi connectivity index (χ0v) is 17.7. The molecule has 0 bridgehead atoms. The molecular weight excluding hydrogens is 374 g/mol. The van der Waals surface area contributed by atoms with E-state index in [1.54, 1.807) is 6.08 Å². The monoisotopic (exact) mass is 401 g/mol. The fourth-order valence-electron chi connectivity index (χ4n) is 3.08. The Labute approximate surface area is 185 Å². The van der Waals surface area contributed by atoms with Gasteiger partial charge in [0, 0.05) is 11.4 Å². The van der Waals surface area contributed by atoms with Crippen molar-refractivity contribution in [2.45, 2.75) is 0 Å². The van der Waals surface area contributed by atoms with Gasteiger partial charge in [0.1, 0.15) is 0 Å². The largest absolute Gasteiger partial charge is 0.356 e. The van der Waals surface area contributed by atoms with Gasteiger partial charge in [0.15, 0.2) is 0 Å². The molecule has 3 aromatic carbocycles. The molecule has 0 aliphatic heterocycles. The van der Waals surface area contributed by atoms with Crippen LogP contribution in [0.3, 0.4) is 0 Å². The Morgan fingerprint density at radius 2 is 1.32 bits per heavy atom. The Morgan fingerprint density at radius 1 is 0.710 bits per heavy atom. The minimum absolute atomic E-state index is 0.911. The highest BCUT2D eigenvalue weighted by Crippen LogP contribution is 2.22. The molecule has 0 amide bonds. The zero-order chi connectivity index (χ0) is 21.9. The Morgan fingerprint density at radius 3 is 1.94 bits per heavy atom. The van der Waals surface area contributed by atoms with Crippen LogP contribution < -0.4 is 5.32 Å². The van der Waals surface area contributed by atoms with Crippen LogP contribution in [0.5, 0.6) is 0 Å². The molecule has 1 heteroatoms. The molecule has 152 valence electrons. The smallest absolute Gasteiger partial charge is 0.0384 e. The first-order valence-electron chi connectivity index (χ1n) is 10.2. The molecule has 0 saturated carbocycles. The second-order valence-corrected chi connectivity index (χ2v) is 6.99. The van der Waals surface area contributed by atoms with E-state index in [4.69, 9.17) is 0 Å². The lowest BCUT2D eigenvalue weighted by atomic mass is 10.0. The van der Waals surface area contributed by atoms with Gasteiger partial charge in [0.2, 0.25) is 0 Å². The maximum Gasteiger partial charge on any atom is 0.0384 e. The predicted octanol–water partition coefficient (Wildman–Crippen LogP) is 8.22. The quantitative estimate of drug-likeness (QED) is 0.356. The van der Waals surface area contributed by atoms with Gasteiger partial charge in [-0.05, 0) is 58.2 Å². The number of nitrogens with one attached hydrogen (secondary N) is 1. The molecule has 0 spiro atoms. The Bertz CT molecular complexity index is 1110. The van der Waals surface area contributed by atoms with Gasteiger partial charge in [0.25, 0.3) is 0 Å². The molecule has 1 nitrogen and oxygen atoms in total. The van der Waals surface area contributed by atoms with Crippen LogP contribution in [0.1, 0.15) is 5.56 Å². The number of anilines is 1. The van der Waals surface area contributed by atoms with Crippen molar-refractivity contribution in [1.82, 2.24) is 0 Å². The summed E-state index contributed by atoms with van der Waals surface area (Å²) in [6, 6.07) is 28.8. The summed E-state index contributed by atoms with van der Waals surface area (Å²) in [6.45, 7) is 12.0. The van der Waals surface area contributed by atoms with Crippen LogP contribution in [-0.4, -0.2) is 0 Å². The lowest BCUT2D eigenvalue weighted by Gasteiger charge is -2.08. The molecule has 3 aromatic rings. The Kier molecular flexibility index (Phi) is 7.79. The van der Waals surface area contributed by atoms with Crippen molar-refractivity contribution < 1.29 is 0 Å². The van der Waals surface area contributed by atoms with Crippen LogP contribution in [0.15, 0.2) is 152 Å². The van der Waals surface area contributed by atoms with Gasteiger partial charge in [-0.1, -0.05) is 111 Å². The molecule has 0 saturated heterocycles. The van der Waals surface area contributed by atoms with E-state index >= 15 is 0 Å². The molecule has 31 heavy (non-hydrogen) atoms. The summed E-state index contributed by atoms with van der Waals surface area (Å²) in [6.07, 6.45) is 11.6. The highest BCUT2D eigenvalue weighted by atomic mass is 14.9. The fraction of sp³-hybridized carbons (Fsp3) is 0. The minimum Gasteiger partial charge on any atom is -0.356 e. The van der Waals surface area contributed by atoms with Crippen molar-refractivity contribution in [3.05, 3.63) is 158 Å². The number of allylic oxidation sites excluding steroid dienone is 8. The first-order chi connectivity index (χ1) is 15.2. The molecule has 3 rings (SSSR count). The average Bonchev–Trinajstić information content (AvgIpc) is 2.84. The van der Waals surface area contributed by atoms with Crippen LogP contribution in [0.2, 0.25) is 0 Å². The summed E-state index contributed by atoms with van der Waals surface area (Å²) < 4.78 is 0. The topological polar surface area (TPSA) is 12.0 Å². The number of hydrogen-bond donors (Lipinski definition) is 1. The molecule has 1 N–H and O–H groups in total. The van der Waals surface area contributed by atoms with E-state index < -0.39 is 0 Å². The van der Waals surface area contributed by atoms with Crippen molar-refractivity contribution >= 4 is 11.3 Å². The second-order valence-electron chi connectivity index (χ2n) is 6.99. The number of rotatable bonds is 9. The van der Waals surface area contributed by atoms with E-state index in [0.29, 0.717) is 0 Å². The second kappa shape index (κ2) is 11.2. The molecule has 0 aliphatic rings. The summed E-state index contributed by atoms with van der Waals surface area (Å²) in [7, 11) is 0. The fourth-order valence-corrected chi connectivity index (χ4v) is 3.08. The van der Waals surface area contributed by atoms with E-state index in [-0.39, 0.29) is 0 Å². The summed E-state index contributed by atoms with van der Waals surface area (Å²) >= 11 is 0. The first-order valence-corrected chi connectivity index (χ1v) is 10.2. The molecule has 0 aliphatic carbocycles. The zero-order valence-electron chi connectivity index (χ0n) is 17.7. The van der Waals surface area contributed by atoms with E-state index in [1.165, 1.54) is 11.1 Å². The van der Waals surface area contributed by atoms with Gasteiger partial charge in [-0.15, -0.1) is 0 Å². The highest BCUT2D eigenvalue weighted by Gasteiger charge is 1.98. The van der Waals surface area contributed by atoms with Crippen LogP contribution >= 0.6 is 0 Å². The van der Waals surface area contributed by atoms with Crippen molar-refractivity contribution in [2.24, 2.45) is 0 Å². The van der Waals surface area contributed by atoms with Crippen molar-refractivity contribution in [1.29, 1.82) is 0 Å².